The Morgan fingerprint density at radius 3 is 2.78 bits per heavy atom. The zero-order chi connectivity index (χ0) is 15.7. The predicted octanol–water partition coefficient (Wildman–Crippen LogP) is 2.72. The Labute approximate surface area is 146 Å². The highest BCUT2D eigenvalue weighted by Crippen LogP contribution is 2.32. The number of benzene rings is 1. The van der Waals surface area contributed by atoms with E-state index in [9.17, 15) is 4.79 Å². The molecule has 0 spiro atoms. The van der Waals surface area contributed by atoms with E-state index in [0.717, 1.165) is 24.2 Å². The molecule has 3 N–H and O–H groups in total. The second-order valence-corrected chi connectivity index (χ2v) is 6.07. The lowest BCUT2D eigenvalue weighted by atomic mass is 10.1. The number of carbonyl (C=O) groups excluding carboxylic acids is 1. The van der Waals surface area contributed by atoms with Crippen molar-refractivity contribution in [3.63, 3.8) is 0 Å². The summed E-state index contributed by atoms with van der Waals surface area (Å²) in [4.78, 5) is 12.4. The van der Waals surface area contributed by atoms with Gasteiger partial charge in [-0.25, -0.2) is 4.68 Å². The lowest BCUT2D eigenvalue weighted by molar-refractivity contribution is 0.0933. The molecule has 3 rings (SSSR count). The summed E-state index contributed by atoms with van der Waals surface area (Å²) in [6, 6.07) is 7.47. The monoisotopic (exact) mass is 354 g/mol. The van der Waals surface area contributed by atoms with Crippen molar-refractivity contribution >= 4 is 29.9 Å². The standard InChI is InChI=1S/C16H19ClN4O.ClH/c1-10-12(16(22)20-14(8-18)11-6-7-11)9-19-21(10)15-5-3-2-4-13(15)17;/h2-5,9,11,14H,6-8,18H2,1H3,(H,20,22);1H. The van der Waals surface area contributed by atoms with Crippen molar-refractivity contribution < 1.29 is 4.79 Å². The molecule has 1 amide bonds. The van der Waals surface area contributed by atoms with E-state index in [1.54, 1.807) is 16.9 Å². The summed E-state index contributed by atoms with van der Waals surface area (Å²) < 4.78 is 1.69. The van der Waals surface area contributed by atoms with Crippen LogP contribution in [0.25, 0.3) is 5.69 Å². The summed E-state index contributed by atoms with van der Waals surface area (Å²) in [6.45, 7) is 2.33. The van der Waals surface area contributed by atoms with Crippen molar-refractivity contribution in [1.82, 2.24) is 15.1 Å². The Kier molecular flexibility index (Phi) is 5.68. The van der Waals surface area contributed by atoms with Crippen molar-refractivity contribution in [2.45, 2.75) is 25.8 Å². The van der Waals surface area contributed by atoms with Crippen LogP contribution >= 0.6 is 24.0 Å². The third-order valence-corrected chi connectivity index (χ3v) is 4.42. The Morgan fingerprint density at radius 2 is 2.17 bits per heavy atom. The number of carbonyl (C=O) groups is 1. The van der Waals surface area contributed by atoms with Gasteiger partial charge in [-0.15, -0.1) is 12.4 Å². The van der Waals surface area contributed by atoms with Crippen molar-refractivity contribution in [1.29, 1.82) is 0 Å². The molecule has 124 valence electrons. The van der Waals surface area contributed by atoms with Gasteiger partial charge in [0.05, 0.1) is 28.2 Å². The summed E-state index contributed by atoms with van der Waals surface area (Å²) in [5.74, 6) is 0.394. The molecule has 23 heavy (non-hydrogen) atoms. The highest BCUT2D eigenvalue weighted by Gasteiger charge is 2.32. The molecule has 1 unspecified atom stereocenters. The first kappa shape index (κ1) is 17.8. The van der Waals surface area contributed by atoms with Gasteiger partial charge in [-0.2, -0.15) is 5.10 Å². The van der Waals surface area contributed by atoms with Crippen molar-refractivity contribution in [3.05, 3.63) is 46.7 Å². The van der Waals surface area contributed by atoms with Crippen molar-refractivity contribution in [3.8, 4) is 5.69 Å². The van der Waals surface area contributed by atoms with Crippen molar-refractivity contribution in [2.24, 2.45) is 11.7 Å². The molecule has 1 aromatic carbocycles. The molecule has 1 aliphatic carbocycles. The van der Waals surface area contributed by atoms with Crippen LogP contribution in [-0.4, -0.2) is 28.3 Å². The molecule has 1 aromatic heterocycles. The zero-order valence-electron chi connectivity index (χ0n) is 12.8. The second kappa shape index (κ2) is 7.34. The normalized spacial score (nSPS) is 14.9. The van der Waals surface area contributed by atoms with Crippen LogP contribution in [0.5, 0.6) is 0 Å². The van der Waals surface area contributed by atoms with Crippen LogP contribution in [0.3, 0.4) is 0 Å². The molecule has 7 heteroatoms. The van der Waals surface area contributed by atoms with E-state index < -0.39 is 0 Å². The maximum absolute atomic E-state index is 12.4. The van der Waals surface area contributed by atoms with Gasteiger partial charge >= 0.3 is 0 Å². The minimum Gasteiger partial charge on any atom is -0.348 e. The predicted molar refractivity (Wildman–Crippen MR) is 93.6 cm³/mol. The van der Waals surface area contributed by atoms with Gasteiger partial charge in [0.2, 0.25) is 0 Å². The Bertz CT molecular complexity index is 697. The van der Waals surface area contributed by atoms with Crippen LogP contribution in [0.2, 0.25) is 5.02 Å². The first-order valence-electron chi connectivity index (χ1n) is 7.42. The number of nitrogens with two attached hydrogens (primary N) is 1. The van der Waals surface area contributed by atoms with Gasteiger partial charge in [0.25, 0.3) is 5.91 Å². The topological polar surface area (TPSA) is 72.9 Å². The number of hydrogen-bond acceptors (Lipinski definition) is 3. The molecule has 1 fully saturated rings. The lowest BCUT2D eigenvalue weighted by Gasteiger charge is -2.15. The average Bonchev–Trinajstić information content (AvgIpc) is 3.28. The second-order valence-electron chi connectivity index (χ2n) is 5.66. The van der Waals surface area contributed by atoms with E-state index in [2.05, 4.69) is 10.4 Å². The Hall–Kier alpha value is -1.56. The number of aromatic nitrogens is 2. The molecule has 1 heterocycles. The zero-order valence-corrected chi connectivity index (χ0v) is 14.4. The minimum absolute atomic E-state index is 0. The van der Waals surface area contributed by atoms with Crippen LogP contribution in [0.15, 0.2) is 30.5 Å². The van der Waals surface area contributed by atoms with Crippen LogP contribution in [0.4, 0.5) is 0 Å². The number of para-hydroxylation sites is 1. The minimum atomic E-state index is -0.127. The summed E-state index contributed by atoms with van der Waals surface area (Å²) in [5.41, 5.74) is 7.82. The maximum atomic E-state index is 12.4. The van der Waals surface area contributed by atoms with Crippen LogP contribution in [0.1, 0.15) is 28.9 Å². The van der Waals surface area contributed by atoms with Crippen molar-refractivity contribution in [2.75, 3.05) is 6.54 Å². The number of nitrogens with zero attached hydrogens (tertiary/aromatic N) is 2. The number of nitrogens with one attached hydrogen (secondary N) is 1. The van der Waals surface area contributed by atoms with E-state index in [1.807, 2.05) is 25.1 Å². The molecule has 1 saturated carbocycles. The van der Waals surface area contributed by atoms with E-state index in [-0.39, 0.29) is 24.4 Å². The van der Waals surface area contributed by atoms with E-state index in [1.165, 1.54) is 0 Å². The SMILES string of the molecule is Cc1c(C(=O)NC(CN)C2CC2)cnn1-c1ccccc1Cl.Cl. The van der Waals surface area contributed by atoms with Gasteiger partial charge < -0.3 is 11.1 Å². The highest BCUT2D eigenvalue weighted by molar-refractivity contribution is 6.32. The van der Waals surface area contributed by atoms with E-state index in [0.29, 0.717) is 23.0 Å². The summed E-state index contributed by atoms with van der Waals surface area (Å²) in [7, 11) is 0. The molecule has 0 saturated heterocycles. The number of amides is 1. The van der Waals surface area contributed by atoms with Gasteiger partial charge in [-0.3, -0.25) is 4.79 Å². The van der Waals surface area contributed by atoms with Crippen LogP contribution < -0.4 is 11.1 Å². The summed E-state index contributed by atoms with van der Waals surface area (Å²) in [5, 5.41) is 7.91. The average molecular weight is 355 g/mol. The van der Waals surface area contributed by atoms with E-state index >= 15 is 0 Å². The van der Waals surface area contributed by atoms with Gasteiger partial charge in [-0.05, 0) is 37.8 Å². The van der Waals surface area contributed by atoms with Crippen LogP contribution in [-0.2, 0) is 0 Å². The fourth-order valence-corrected chi connectivity index (χ4v) is 2.83. The maximum Gasteiger partial charge on any atom is 0.255 e. The lowest BCUT2D eigenvalue weighted by Crippen LogP contribution is -2.41. The van der Waals surface area contributed by atoms with Gasteiger partial charge in [0.15, 0.2) is 0 Å². The largest absolute Gasteiger partial charge is 0.348 e. The third kappa shape index (κ3) is 3.68. The molecular formula is C16H20Cl2N4O. The Morgan fingerprint density at radius 1 is 1.48 bits per heavy atom. The quantitative estimate of drug-likeness (QED) is 0.866. The first-order chi connectivity index (χ1) is 10.6. The number of hydrogen-bond donors (Lipinski definition) is 2. The van der Waals surface area contributed by atoms with Crippen LogP contribution in [0, 0.1) is 12.8 Å². The molecular weight excluding hydrogens is 335 g/mol. The highest BCUT2D eigenvalue weighted by atomic mass is 35.5. The summed E-state index contributed by atoms with van der Waals surface area (Å²) >= 11 is 6.20. The van der Waals surface area contributed by atoms with E-state index in [4.69, 9.17) is 17.3 Å². The molecule has 2 aromatic rings. The van der Waals surface area contributed by atoms with Gasteiger partial charge in [0, 0.05) is 12.6 Å². The fourth-order valence-electron chi connectivity index (χ4n) is 2.61. The van der Waals surface area contributed by atoms with Gasteiger partial charge in [-0.1, -0.05) is 23.7 Å². The first-order valence-corrected chi connectivity index (χ1v) is 7.80. The molecule has 0 radical (unpaired) electrons. The third-order valence-electron chi connectivity index (χ3n) is 4.10. The Balaban J connectivity index is 0.00000192. The number of halogens is 2. The molecule has 1 aliphatic rings. The molecule has 0 bridgehead atoms. The molecule has 1 atom stereocenters. The molecule has 5 nitrogen and oxygen atoms in total. The number of rotatable bonds is 5. The smallest absolute Gasteiger partial charge is 0.255 e. The van der Waals surface area contributed by atoms with Gasteiger partial charge in [0.1, 0.15) is 0 Å². The summed E-state index contributed by atoms with van der Waals surface area (Å²) in [6.07, 6.45) is 3.86. The molecule has 0 aliphatic heterocycles. The fraction of sp³-hybridized carbons (Fsp3) is 0.375.